The smallest absolute Gasteiger partial charge is 0.254 e. The number of nitrogens with two attached hydrogens (primary N) is 1. The van der Waals surface area contributed by atoms with Gasteiger partial charge >= 0.3 is 0 Å². The van der Waals surface area contributed by atoms with Gasteiger partial charge in [-0.05, 0) is 32.0 Å². The van der Waals surface area contributed by atoms with Gasteiger partial charge in [0.1, 0.15) is 5.75 Å². The fourth-order valence-corrected chi connectivity index (χ4v) is 1.84. The van der Waals surface area contributed by atoms with Gasteiger partial charge in [0, 0.05) is 24.7 Å². The molecule has 2 rings (SSSR count). The Labute approximate surface area is 101 Å². The number of nitrogens with zero attached hydrogens (tertiary/aromatic N) is 1. The van der Waals surface area contributed by atoms with Crippen LogP contribution in [-0.4, -0.2) is 36.0 Å². The molecule has 0 spiro atoms. The maximum absolute atomic E-state index is 12.0. The third-order valence-corrected chi connectivity index (χ3v) is 2.65. The molecule has 1 aliphatic heterocycles. The Morgan fingerprint density at radius 1 is 1.47 bits per heavy atom. The van der Waals surface area contributed by atoms with E-state index >= 15 is 0 Å². The average Bonchev–Trinajstić information content (AvgIpc) is 2.23. The number of rotatable bonds is 3. The topological polar surface area (TPSA) is 55.6 Å². The van der Waals surface area contributed by atoms with Gasteiger partial charge in [-0.25, -0.2) is 0 Å². The van der Waals surface area contributed by atoms with E-state index in [4.69, 9.17) is 10.5 Å². The zero-order chi connectivity index (χ0) is 12.4. The highest BCUT2D eigenvalue weighted by Crippen LogP contribution is 2.18. The number of carbonyl (C=O) groups is 1. The number of likely N-dealkylation sites (tertiary alicyclic amines) is 1. The Hall–Kier alpha value is -1.55. The SMILES string of the molecule is CC(C)Oc1cccc(C(=O)N2CC(N)C2)c1. The highest BCUT2D eigenvalue weighted by Gasteiger charge is 2.28. The van der Waals surface area contributed by atoms with E-state index in [0.717, 1.165) is 5.75 Å². The summed E-state index contributed by atoms with van der Waals surface area (Å²) < 4.78 is 5.56. The van der Waals surface area contributed by atoms with Crippen LogP contribution in [0.2, 0.25) is 0 Å². The lowest BCUT2D eigenvalue weighted by molar-refractivity contribution is 0.0607. The molecule has 4 nitrogen and oxygen atoms in total. The first-order chi connectivity index (χ1) is 8.06. The summed E-state index contributed by atoms with van der Waals surface area (Å²) in [6.07, 6.45) is 0.109. The second kappa shape index (κ2) is 4.75. The third kappa shape index (κ3) is 2.77. The summed E-state index contributed by atoms with van der Waals surface area (Å²) in [5, 5.41) is 0. The Morgan fingerprint density at radius 3 is 2.76 bits per heavy atom. The lowest BCUT2D eigenvalue weighted by Gasteiger charge is -2.36. The molecule has 0 aliphatic carbocycles. The van der Waals surface area contributed by atoms with E-state index in [1.165, 1.54) is 0 Å². The molecule has 0 atom stereocenters. The van der Waals surface area contributed by atoms with Crippen LogP contribution in [0.25, 0.3) is 0 Å². The summed E-state index contributed by atoms with van der Waals surface area (Å²) in [4.78, 5) is 13.8. The number of benzene rings is 1. The van der Waals surface area contributed by atoms with E-state index in [2.05, 4.69) is 0 Å². The van der Waals surface area contributed by atoms with Crippen LogP contribution in [0, 0.1) is 0 Å². The minimum atomic E-state index is 0.0286. The second-order valence-corrected chi connectivity index (χ2v) is 4.66. The maximum Gasteiger partial charge on any atom is 0.254 e. The van der Waals surface area contributed by atoms with Crippen LogP contribution in [0.5, 0.6) is 5.75 Å². The molecular formula is C13H18N2O2. The Balaban J connectivity index is 2.07. The summed E-state index contributed by atoms with van der Waals surface area (Å²) >= 11 is 0. The van der Waals surface area contributed by atoms with Crippen LogP contribution in [0.15, 0.2) is 24.3 Å². The predicted octanol–water partition coefficient (Wildman–Crippen LogP) is 1.26. The van der Waals surface area contributed by atoms with Crippen molar-refractivity contribution in [3.05, 3.63) is 29.8 Å². The maximum atomic E-state index is 12.0. The van der Waals surface area contributed by atoms with Crippen LogP contribution in [0.3, 0.4) is 0 Å². The molecule has 0 radical (unpaired) electrons. The molecule has 1 heterocycles. The average molecular weight is 234 g/mol. The molecule has 0 unspecified atom stereocenters. The Bertz CT molecular complexity index is 412. The van der Waals surface area contributed by atoms with Crippen molar-refractivity contribution in [3.8, 4) is 5.75 Å². The number of carbonyl (C=O) groups excluding carboxylic acids is 1. The van der Waals surface area contributed by atoms with E-state index < -0.39 is 0 Å². The summed E-state index contributed by atoms with van der Waals surface area (Å²) in [6.45, 7) is 5.22. The lowest BCUT2D eigenvalue weighted by Crippen LogP contribution is -2.57. The lowest BCUT2D eigenvalue weighted by atomic mass is 10.1. The van der Waals surface area contributed by atoms with Crippen molar-refractivity contribution in [3.63, 3.8) is 0 Å². The number of amides is 1. The molecule has 2 N–H and O–H groups in total. The van der Waals surface area contributed by atoms with Crippen molar-refractivity contribution in [1.29, 1.82) is 0 Å². The zero-order valence-corrected chi connectivity index (χ0v) is 10.2. The Kier molecular flexibility index (Phi) is 3.33. The molecule has 1 saturated heterocycles. The predicted molar refractivity (Wildman–Crippen MR) is 66.1 cm³/mol. The number of hydrogen-bond acceptors (Lipinski definition) is 3. The van der Waals surface area contributed by atoms with Gasteiger partial charge in [0.05, 0.1) is 6.10 Å². The van der Waals surface area contributed by atoms with Crippen molar-refractivity contribution >= 4 is 5.91 Å². The van der Waals surface area contributed by atoms with E-state index in [9.17, 15) is 4.79 Å². The molecule has 1 fully saturated rings. The molecule has 0 bridgehead atoms. The van der Waals surface area contributed by atoms with Crippen LogP contribution >= 0.6 is 0 Å². The monoisotopic (exact) mass is 234 g/mol. The Morgan fingerprint density at radius 2 is 2.18 bits per heavy atom. The fraction of sp³-hybridized carbons (Fsp3) is 0.462. The van der Waals surface area contributed by atoms with Gasteiger partial charge in [-0.3, -0.25) is 4.79 Å². The van der Waals surface area contributed by atoms with Crippen molar-refractivity contribution in [1.82, 2.24) is 4.90 Å². The molecule has 1 aromatic rings. The normalized spacial score (nSPS) is 15.9. The summed E-state index contributed by atoms with van der Waals surface area (Å²) in [5.41, 5.74) is 6.32. The van der Waals surface area contributed by atoms with Gasteiger partial charge in [0.25, 0.3) is 5.91 Å². The molecule has 92 valence electrons. The molecule has 0 saturated carbocycles. The molecule has 0 aromatic heterocycles. The quantitative estimate of drug-likeness (QED) is 0.856. The largest absolute Gasteiger partial charge is 0.491 e. The van der Waals surface area contributed by atoms with E-state index in [0.29, 0.717) is 18.7 Å². The number of ether oxygens (including phenoxy) is 1. The van der Waals surface area contributed by atoms with Gasteiger partial charge < -0.3 is 15.4 Å². The summed E-state index contributed by atoms with van der Waals surface area (Å²) in [5.74, 6) is 0.761. The van der Waals surface area contributed by atoms with Crippen LogP contribution in [-0.2, 0) is 0 Å². The van der Waals surface area contributed by atoms with Gasteiger partial charge in [0.2, 0.25) is 0 Å². The summed E-state index contributed by atoms with van der Waals surface area (Å²) in [6, 6.07) is 7.42. The van der Waals surface area contributed by atoms with Gasteiger partial charge in [-0.2, -0.15) is 0 Å². The van der Waals surface area contributed by atoms with Crippen molar-refractivity contribution < 1.29 is 9.53 Å². The highest BCUT2D eigenvalue weighted by atomic mass is 16.5. The molecular weight excluding hydrogens is 216 g/mol. The first-order valence-electron chi connectivity index (χ1n) is 5.88. The first kappa shape index (κ1) is 11.9. The minimum absolute atomic E-state index is 0.0286. The molecule has 1 aromatic carbocycles. The van der Waals surface area contributed by atoms with E-state index in [1.807, 2.05) is 26.0 Å². The zero-order valence-electron chi connectivity index (χ0n) is 10.2. The first-order valence-corrected chi connectivity index (χ1v) is 5.88. The van der Waals surface area contributed by atoms with Gasteiger partial charge in [-0.15, -0.1) is 0 Å². The van der Waals surface area contributed by atoms with Crippen LogP contribution in [0.1, 0.15) is 24.2 Å². The van der Waals surface area contributed by atoms with Crippen LogP contribution in [0.4, 0.5) is 0 Å². The van der Waals surface area contributed by atoms with Crippen molar-refractivity contribution in [2.24, 2.45) is 5.73 Å². The van der Waals surface area contributed by atoms with Crippen LogP contribution < -0.4 is 10.5 Å². The second-order valence-electron chi connectivity index (χ2n) is 4.66. The molecule has 4 heteroatoms. The molecule has 1 amide bonds. The molecule has 17 heavy (non-hydrogen) atoms. The van der Waals surface area contributed by atoms with Gasteiger partial charge in [0.15, 0.2) is 0 Å². The highest BCUT2D eigenvalue weighted by molar-refractivity contribution is 5.95. The minimum Gasteiger partial charge on any atom is -0.491 e. The standard InChI is InChI=1S/C13H18N2O2/c1-9(2)17-12-5-3-4-10(6-12)13(16)15-7-11(14)8-15/h3-6,9,11H,7-8,14H2,1-2H3. The van der Waals surface area contributed by atoms with Crippen molar-refractivity contribution in [2.45, 2.75) is 26.0 Å². The van der Waals surface area contributed by atoms with Crippen molar-refractivity contribution in [2.75, 3.05) is 13.1 Å². The molecule has 1 aliphatic rings. The van der Waals surface area contributed by atoms with Gasteiger partial charge in [-0.1, -0.05) is 6.07 Å². The van der Waals surface area contributed by atoms with E-state index in [-0.39, 0.29) is 18.1 Å². The third-order valence-electron chi connectivity index (χ3n) is 2.65. The van der Waals surface area contributed by atoms with E-state index in [1.54, 1.807) is 17.0 Å². The number of hydrogen-bond donors (Lipinski definition) is 1. The fourth-order valence-electron chi connectivity index (χ4n) is 1.84. The summed E-state index contributed by atoms with van der Waals surface area (Å²) in [7, 11) is 0.